The van der Waals surface area contributed by atoms with Crippen molar-refractivity contribution < 1.29 is 14.6 Å². The van der Waals surface area contributed by atoms with Crippen molar-refractivity contribution in [2.75, 3.05) is 0 Å². The van der Waals surface area contributed by atoms with Crippen LogP contribution in [0, 0.1) is 0 Å². The van der Waals surface area contributed by atoms with E-state index in [4.69, 9.17) is 44.6 Å². The Balaban J connectivity index is 2.33. The van der Waals surface area contributed by atoms with Gasteiger partial charge in [0.05, 0.1) is 26.8 Å². The fourth-order valence-corrected chi connectivity index (χ4v) is 1.88. The third kappa shape index (κ3) is 3.29. The van der Waals surface area contributed by atoms with E-state index in [9.17, 15) is 4.79 Å². The second-order valence-corrected chi connectivity index (χ2v) is 4.73. The Hall–Kier alpha value is -1.49. The summed E-state index contributed by atoms with van der Waals surface area (Å²) < 4.78 is 5.43. The fourth-order valence-electron chi connectivity index (χ4n) is 1.30. The monoisotopic (exact) mass is 317 g/mol. The number of hydrogen-bond donors (Lipinski definition) is 1. The zero-order valence-electron chi connectivity index (χ0n) is 9.23. The average Bonchev–Trinajstić information content (AvgIpc) is 2.36. The van der Waals surface area contributed by atoms with E-state index in [0.29, 0.717) is 5.02 Å². The first-order chi connectivity index (χ1) is 8.97. The van der Waals surface area contributed by atoms with Crippen molar-refractivity contribution in [2.45, 2.75) is 0 Å². The highest BCUT2D eigenvalue weighted by atomic mass is 35.5. The molecular formula is C12H6Cl3NO3. The highest BCUT2D eigenvalue weighted by Gasteiger charge is 2.10. The number of carboxylic acids is 1. The van der Waals surface area contributed by atoms with Gasteiger partial charge >= 0.3 is 5.97 Å². The topological polar surface area (TPSA) is 59.4 Å². The Kier molecular flexibility index (Phi) is 4.14. The van der Waals surface area contributed by atoms with Crippen LogP contribution in [0.15, 0.2) is 30.6 Å². The summed E-state index contributed by atoms with van der Waals surface area (Å²) in [5.74, 6) is -0.598. The summed E-state index contributed by atoms with van der Waals surface area (Å²) in [6, 6.07) is 4.21. The van der Waals surface area contributed by atoms with Crippen molar-refractivity contribution in [3.05, 3.63) is 51.2 Å². The lowest BCUT2D eigenvalue weighted by Crippen LogP contribution is -1.97. The van der Waals surface area contributed by atoms with Crippen molar-refractivity contribution in [2.24, 2.45) is 0 Å². The van der Waals surface area contributed by atoms with Gasteiger partial charge in [0.15, 0.2) is 0 Å². The van der Waals surface area contributed by atoms with E-state index in [2.05, 4.69) is 4.98 Å². The van der Waals surface area contributed by atoms with Gasteiger partial charge in [-0.1, -0.05) is 34.8 Å². The van der Waals surface area contributed by atoms with Crippen LogP contribution in [0.25, 0.3) is 0 Å². The maximum atomic E-state index is 10.8. The first-order valence-corrected chi connectivity index (χ1v) is 6.11. The standard InChI is InChI=1S/C12H6Cl3NO3/c13-8-2-10(15)11(3-9(8)14)19-7-1-6(12(17)18)4-16-5-7/h1-5H,(H,17,18). The van der Waals surface area contributed by atoms with Gasteiger partial charge in [-0.3, -0.25) is 4.98 Å². The molecule has 98 valence electrons. The Morgan fingerprint density at radius 2 is 1.74 bits per heavy atom. The van der Waals surface area contributed by atoms with E-state index in [1.54, 1.807) is 0 Å². The van der Waals surface area contributed by atoms with Crippen molar-refractivity contribution in [3.8, 4) is 11.5 Å². The van der Waals surface area contributed by atoms with E-state index >= 15 is 0 Å². The molecule has 1 heterocycles. The van der Waals surface area contributed by atoms with Crippen LogP contribution >= 0.6 is 34.8 Å². The molecule has 19 heavy (non-hydrogen) atoms. The van der Waals surface area contributed by atoms with Crippen LogP contribution in [0.4, 0.5) is 0 Å². The van der Waals surface area contributed by atoms with Gasteiger partial charge in [0.25, 0.3) is 0 Å². The minimum absolute atomic E-state index is 0.00804. The van der Waals surface area contributed by atoms with Crippen LogP contribution in [0.2, 0.25) is 15.1 Å². The molecule has 0 fully saturated rings. The van der Waals surface area contributed by atoms with Gasteiger partial charge in [0.2, 0.25) is 0 Å². The summed E-state index contributed by atoms with van der Waals surface area (Å²) >= 11 is 17.6. The lowest BCUT2D eigenvalue weighted by Gasteiger charge is -2.09. The minimum Gasteiger partial charge on any atom is -0.478 e. The molecule has 7 heteroatoms. The number of ether oxygens (including phenoxy) is 1. The maximum absolute atomic E-state index is 10.8. The molecule has 0 aliphatic rings. The van der Waals surface area contributed by atoms with E-state index in [1.165, 1.54) is 30.6 Å². The van der Waals surface area contributed by atoms with Crippen LogP contribution < -0.4 is 4.74 Å². The fraction of sp³-hybridized carbons (Fsp3) is 0. The molecule has 0 spiro atoms. The van der Waals surface area contributed by atoms with Gasteiger partial charge in [-0.2, -0.15) is 0 Å². The number of nitrogens with zero attached hydrogens (tertiary/aromatic N) is 1. The Bertz CT molecular complexity index is 646. The molecule has 0 aliphatic heterocycles. The highest BCUT2D eigenvalue weighted by molar-refractivity contribution is 6.43. The van der Waals surface area contributed by atoms with Gasteiger partial charge < -0.3 is 9.84 Å². The Morgan fingerprint density at radius 3 is 2.42 bits per heavy atom. The van der Waals surface area contributed by atoms with Gasteiger partial charge in [-0.15, -0.1) is 0 Å². The SMILES string of the molecule is O=C(O)c1cncc(Oc2cc(Cl)c(Cl)cc2Cl)c1. The van der Waals surface area contributed by atoms with Crippen LogP contribution in [0.3, 0.4) is 0 Å². The molecule has 0 bridgehead atoms. The summed E-state index contributed by atoms with van der Waals surface area (Å²) in [5.41, 5.74) is 0.00804. The number of aromatic nitrogens is 1. The van der Waals surface area contributed by atoms with Gasteiger partial charge in [0.1, 0.15) is 11.5 Å². The molecule has 1 aromatic heterocycles. The normalized spacial score (nSPS) is 10.3. The van der Waals surface area contributed by atoms with Crippen molar-refractivity contribution in [1.82, 2.24) is 4.98 Å². The summed E-state index contributed by atoms with van der Waals surface area (Å²) in [4.78, 5) is 14.6. The molecule has 0 amide bonds. The predicted molar refractivity (Wildman–Crippen MR) is 72.7 cm³/mol. The van der Waals surface area contributed by atoms with Crippen molar-refractivity contribution >= 4 is 40.8 Å². The molecule has 0 saturated carbocycles. The molecule has 0 atom stereocenters. The van der Waals surface area contributed by atoms with Crippen LogP contribution in [0.1, 0.15) is 10.4 Å². The predicted octanol–water partition coefficient (Wildman–Crippen LogP) is 4.53. The number of aromatic carboxylic acids is 1. The van der Waals surface area contributed by atoms with Gasteiger partial charge in [0, 0.05) is 12.3 Å². The molecule has 2 aromatic rings. The van der Waals surface area contributed by atoms with Crippen LogP contribution in [0.5, 0.6) is 11.5 Å². The number of hydrogen-bond acceptors (Lipinski definition) is 3. The first-order valence-electron chi connectivity index (χ1n) is 4.98. The van der Waals surface area contributed by atoms with E-state index in [-0.39, 0.29) is 27.1 Å². The lowest BCUT2D eigenvalue weighted by molar-refractivity contribution is 0.0696. The smallest absolute Gasteiger partial charge is 0.337 e. The van der Waals surface area contributed by atoms with Gasteiger partial charge in [-0.05, 0) is 12.1 Å². The highest BCUT2D eigenvalue weighted by Crippen LogP contribution is 2.36. The second-order valence-electron chi connectivity index (χ2n) is 3.51. The number of rotatable bonds is 3. The van der Waals surface area contributed by atoms with E-state index < -0.39 is 5.97 Å². The molecule has 1 aromatic carbocycles. The quantitative estimate of drug-likeness (QED) is 0.844. The van der Waals surface area contributed by atoms with Crippen LogP contribution in [-0.2, 0) is 0 Å². The van der Waals surface area contributed by atoms with E-state index in [0.717, 1.165) is 0 Å². The second kappa shape index (κ2) is 5.65. The van der Waals surface area contributed by atoms with Gasteiger partial charge in [-0.25, -0.2) is 4.79 Å². The largest absolute Gasteiger partial charge is 0.478 e. The van der Waals surface area contributed by atoms with Crippen LogP contribution in [-0.4, -0.2) is 16.1 Å². The van der Waals surface area contributed by atoms with Crippen molar-refractivity contribution in [1.29, 1.82) is 0 Å². The average molecular weight is 319 g/mol. The number of benzene rings is 1. The molecular weight excluding hydrogens is 312 g/mol. The third-order valence-corrected chi connectivity index (χ3v) is 3.18. The number of halogens is 3. The zero-order valence-corrected chi connectivity index (χ0v) is 11.5. The third-order valence-electron chi connectivity index (χ3n) is 2.16. The molecule has 0 unspecified atom stereocenters. The van der Waals surface area contributed by atoms with Crippen molar-refractivity contribution in [3.63, 3.8) is 0 Å². The molecule has 4 nitrogen and oxygen atoms in total. The molecule has 1 N–H and O–H groups in total. The summed E-state index contributed by atoms with van der Waals surface area (Å²) in [6.45, 7) is 0. The van der Waals surface area contributed by atoms with E-state index in [1.807, 2.05) is 0 Å². The number of carbonyl (C=O) groups is 1. The lowest BCUT2D eigenvalue weighted by atomic mass is 10.3. The molecule has 2 rings (SSSR count). The zero-order chi connectivity index (χ0) is 14.0. The molecule has 0 aliphatic carbocycles. The maximum Gasteiger partial charge on any atom is 0.337 e. The summed E-state index contributed by atoms with van der Waals surface area (Å²) in [7, 11) is 0. The number of carboxylic acid groups (broad SMARTS) is 1. The Labute approximate surface area is 123 Å². The molecule has 0 saturated heterocycles. The first kappa shape index (κ1) is 13.9. The minimum atomic E-state index is -1.10. The number of pyridine rings is 1. The Morgan fingerprint density at radius 1 is 1.05 bits per heavy atom. The summed E-state index contributed by atoms with van der Waals surface area (Å²) in [6.07, 6.45) is 2.58. The summed E-state index contributed by atoms with van der Waals surface area (Å²) in [5, 5.41) is 9.69. The molecule has 0 radical (unpaired) electrons.